The zero-order valence-corrected chi connectivity index (χ0v) is 14.7. The van der Waals surface area contributed by atoms with E-state index in [0.717, 1.165) is 42.3 Å². The predicted octanol–water partition coefficient (Wildman–Crippen LogP) is 2.28. The number of amides is 2. The number of carbonyl (C=O) groups excluding carboxylic acids is 1. The largest absolute Gasteiger partial charge is 0.337 e. The maximum absolute atomic E-state index is 12.3. The van der Waals surface area contributed by atoms with Gasteiger partial charge in [-0.1, -0.05) is 18.2 Å². The fourth-order valence-electron chi connectivity index (χ4n) is 3.45. The molecule has 0 saturated carbocycles. The summed E-state index contributed by atoms with van der Waals surface area (Å²) < 4.78 is 0. The van der Waals surface area contributed by atoms with Crippen LogP contribution in [0.1, 0.15) is 24.0 Å². The Labute approximate surface area is 148 Å². The highest BCUT2D eigenvalue weighted by Gasteiger charge is 2.32. The summed E-state index contributed by atoms with van der Waals surface area (Å²) >= 11 is 1.75. The van der Waals surface area contributed by atoms with Crippen LogP contribution in [0.15, 0.2) is 24.3 Å². The van der Waals surface area contributed by atoms with Gasteiger partial charge in [-0.15, -0.1) is 0 Å². The van der Waals surface area contributed by atoms with E-state index in [2.05, 4.69) is 16.3 Å². The summed E-state index contributed by atoms with van der Waals surface area (Å²) in [5, 5.41) is 12.1. The molecule has 6 heteroatoms. The minimum atomic E-state index is 0.0691. The third-order valence-corrected chi connectivity index (χ3v) is 5.80. The van der Waals surface area contributed by atoms with Gasteiger partial charge in [-0.3, -0.25) is 4.90 Å². The van der Waals surface area contributed by atoms with Crippen molar-refractivity contribution >= 4 is 17.8 Å². The van der Waals surface area contributed by atoms with Crippen LogP contribution in [0.2, 0.25) is 0 Å². The topological polar surface area (TPSA) is 59.4 Å². The molecule has 3 rings (SSSR count). The molecule has 2 aliphatic rings. The summed E-state index contributed by atoms with van der Waals surface area (Å²) in [6, 6.07) is 10.5. The number of hydrogen-bond acceptors (Lipinski definition) is 4. The van der Waals surface area contributed by atoms with E-state index in [-0.39, 0.29) is 6.03 Å². The molecule has 1 unspecified atom stereocenters. The minimum absolute atomic E-state index is 0.0691. The Morgan fingerprint density at radius 1 is 1.33 bits per heavy atom. The van der Waals surface area contributed by atoms with Gasteiger partial charge in [0.2, 0.25) is 0 Å². The van der Waals surface area contributed by atoms with Gasteiger partial charge in [0.25, 0.3) is 0 Å². The first kappa shape index (κ1) is 17.1. The fraction of sp³-hybridized carbons (Fsp3) is 0.556. The van der Waals surface area contributed by atoms with Crippen LogP contribution in [-0.2, 0) is 5.75 Å². The minimum Gasteiger partial charge on any atom is -0.337 e. The van der Waals surface area contributed by atoms with Crippen molar-refractivity contribution in [3.8, 4) is 6.07 Å². The molecule has 2 fully saturated rings. The SMILES string of the molecule is N#Cc1ccccc1CSCCNC(=O)N1CCN2CCCC2C1. The zero-order valence-electron chi connectivity index (χ0n) is 13.9. The maximum Gasteiger partial charge on any atom is 0.317 e. The van der Waals surface area contributed by atoms with E-state index >= 15 is 0 Å². The maximum atomic E-state index is 12.3. The van der Waals surface area contributed by atoms with E-state index < -0.39 is 0 Å². The Hall–Kier alpha value is -1.71. The first-order chi connectivity index (χ1) is 11.8. The molecule has 1 N–H and O–H groups in total. The van der Waals surface area contributed by atoms with Gasteiger partial charge in [0, 0.05) is 43.7 Å². The van der Waals surface area contributed by atoms with Crippen molar-refractivity contribution in [1.29, 1.82) is 5.26 Å². The number of benzene rings is 1. The number of thioether (sulfide) groups is 1. The van der Waals surface area contributed by atoms with E-state index in [4.69, 9.17) is 5.26 Å². The number of nitrogens with zero attached hydrogens (tertiary/aromatic N) is 3. The zero-order chi connectivity index (χ0) is 16.8. The highest BCUT2D eigenvalue weighted by Crippen LogP contribution is 2.21. The number of hydrogen-bond donors (Lipinski definition) is 1. The Morgan fingerprint density at radius 2 is 2.21 bits per heavy atom. The lowest BCUT2D eigenvalue weighted by Crippen LogP contribution is -2.54. The van der Waals surface area contributed by atoms with Crippen molar-refractivity contribution in [2.24, 2.45) is 0 Å². The Morgan fingerprint density at radius 3 is 3.08 bits per heavy atom. The second-order valence-electron chi connectivity index (χ2n) is 6.33. The standard InChI is InChI=1S/C18H24N4OS/c19-12-15-4-1-2-5-16(15)14-24-11-7-20-18(23)22-10-9-21-8-3-6-17(21)13-22/h1-2,4-5,17H,3,6-11,13-14H2,(H,20,23). The van der Waals surface area contributed by atoms with Crippen molar-refractivity contribution in [2.75, 3.05) is 38.5 Å². The highest BCUT2D eigenvalue weighted by molar-refractivity contribution is 7.98. The Bertz CT molecular complexity index is 615. The van der Waals surface area contributed by atoms with Crippen LogP contribution in [0, 0.1) is 11.3 Å². The molecule has 5 nitrogen and oxygen atoms in total. The molecule has 2 saturated heterocycles. The summed E-state index contributed by atoms with van der Waals surface area (Å²) in [5.41, 5.74) is 1.80. The number of carbonyl (C=O) groups is 1. The molecular weight excluding hydrogens is 320 g/mol. The van der Waals surface area contributed by atoms with Crippen LogP contribution in [0.25, 0.3) is 0 Å². The normalized spacial score (nSPS) is 20.5. The van der Waals surface area contributed by atoms with E-state index in [1.165, 1.54) is 19.4 Å². The number of nitriles is 1. The van der Waals surface area contributed by atoms with Gasteiger partial charge in [-0.2, -0.15) is 17.0 Å². The molecule has 24 heavy (non-hydrogen) atoms. The van der Waals surface area contributed by atoms with E-state index in [1.807, 2.05) is 29.2 Å². The average Bonchev–Trinajstić information content (AvgIpc) is 3.09. The molecule has 1 atom stereocenters. The van der Waals surface area contributed by atoms with Gasteiger partial charge < -0.3 is 10.2 Å². The third kappa shape index (κ3) is 4.22. The molecule has 1 aromatic rings. The van der Waals surface area contributed by atoms with Crippen molar-refractivity contribution < 1.29 is 4.79 Å². The van der Waals surface area contributed by atoms with Crippen LogP contribution in [0.3, 0.4) is 0 Å². The van der Waals surface area contributed by atoms with Gasteiger partial charge >= 0.3 is 6.03 Å². The second kappa shape index (κ2) is 8.41. The van der Waals surface area contributed by atoms with Crippen molar-refractivity contribution in [3.05, 3.63) is 35.4 Å². The van der Waals surface area contributed by atoms with Gasteiger partial charge in [-0.25, -0.2) is 4.79 Å². The number of rotatable bonds is 5. The van der Waals surface area contributed by atoms with Crippen molar-refractivity contribution in [2.45, 2.75) is 24.6 Å². The fourth-order valence-corrected chi connectivity index (χ4v) is 4.32. The molecular formula is C18H24N4OS. The number of piperazine rings is 1. The molecule has 0 aliphatic carbocycles. The molecule has 0 bridgehead atoms. The van der Waals surface area contributed by atoms with Crippen LogP contribution in [0.4, 0.5) is 4.79 Å². The van der Waals surface area contributed by atoms with Gasteiger partial charge in [-0.05, 0) is 31.0 Å². The lowest BCUT2D eigenvalue weighted by Gasteiger charge is -2.37. The van der Waals surface area contributed by atoms with Crippen LogP contribution in [-0.4, -0.2) is 60.3 Å². The molecule has 0 aromatic heterocycles. The summed E-state index contributed by atoms with van der Waals surface area (Å²) in [7, 11) is 0. The first-order valence-electron chi connectivity index (χ1n) is 8.60. The van der Waals surface area contributed by atoms with Gasteiger partial charge in [0.05, 0.1) is 11.6 Å². The summed E-state index contributed by atoms with van der Waals surface area (Å²) in [6.07, 6.45) is 2.48. The Kier molecular flexibility index (Phi) is 6.00. The summed E-state index contributed by atoms with van der Waals surface area (Å²) in [4.78, 5) is 16.7. The molecule has 0 radical (unpaired) electrons. The Balaban J connectivity index is 1.34. The van der Waals surface area contributed by atoms with Gasteiger partial charge in [0.1, 0.15) is 0 Å². The molecule has 2 amide bonds. The smallest absolute Gasteiger partial charge is 0.317 e. The van der Waals surface area contributed by atoms with Crippen molar-refractivity contribution in [3.63, 3.8) is 0 Å². The van der Waals surface area contributed by atoms with Crippen LogP contribution >= 0.6 is 11.8 Å². The highest BCUT2D eigenvalue weighted by atomic mass is 32.2. The van der Waals surface area contributed by atoms with Crippen LogP contribution < -0.4 is 5.32 Å². The predicted molar refractivity (Wildman–Crippen MR) is 96.9 cm³/mol. The lowest BCUT2D eigenvalue weighted by molar-refractivity contribution is 0.118. The molecule has 2 aliphatic heterocycles. The van der Waals surface area contributed by atoms with E-state index in [0.29, 0.717) is 12.6 Å². The quantitative estimate of drug-likeness (QED) is 0.833. The molecule has 1 aromatic carbocycles. The molecule has 2 heterocycles. The number of fused-ring (bicyclic) bond motifs is 1. The van der Waals surface area contributed by atoms with E-state index in [1.54, 1.807) is 11.8 Å². The second-order valence-corrected chi connectivity index (χ2v) is 7.44. The van der Waals surface area contributed by atoms with E-state index in [9.17, 15) is 4.79 Å². The van der Waals surface area contributed by atoms with Crippen LogP contribution in [0.5, 0.6) is 0 Å². The van der Waals surface area contributed by atoms with Gasteiger partial charge in [0.15, 0.2) is 0 Å². The molecule has 128 valence electrons. The number of nitrogens with one attached hydrogen (secondary N) is 1. The molecule has 0 spiro atoms. The third-order valence-electron chi connectivity index (χ3n) is 4.79. The lowest BCUT2D eigenvalue weighted by atomic mass is 10.1. The number of urea groups is 1. The average molecular weight is 344 g/mol. The first-order valence-corrected chi connectivity index (χ1v) is 9.76. The van der Waals surface area contributed by atoms with Crippen molar-refractivity contribution in [1.82, 2.24) is 15.1 Å². The monoisotopic (exact) mass is 344 g/mol. The summed E-state index contributed by atoms with van der Waals surface area (Å²) in [6.45, 7) is 4.58. The summed E-state index contributed by atoms with van der Waals surface area (Å²) in [5.74, 6) is 1.66.